The van der Waals surface area contributed by atoms with E-state index in [0.29, 0.717) is 5.75 Å². The van der Waals surface area contributed by atoms with Crippen LogP contribution >= 0.6 is 12.2 Å². The maximum Gasteiger partial charge on any atom is 0.276 e. The first-order chi connectivity index (χ1) is 12.9. The van der Waals surface area contributed by atoms with Gasteiger partial charge in [-0.1, -0.05) is 36.4 Å². The molecule has 0 radical (unpaired) electrons. The van der Waals surface area contributed by atoms with E-state index in [0.717, 1.165) is 16.7 Å². The fourth-order valence-corrected chi connectivity index (χ4v) is 2.40. The Morgan fingerprint density at radius 1 is 1.04 bits per heavy atom. The molecule has 140 valence electrons. The Morgan fingerprint density at radius 3 is 2.37 bits per heavy atom. The van der Waals surface area contributed by atoms with Crippen LogP contribution in [0.2, 0.25) is 0 Å². The van der Waals surface area contributed by atoms with Crippen LogP contribution in [0.4, 0.5) is 0 Å². The highest BCUT2D eigenvalue weighted by molar-refractivity contribution is 7.80. The quantitative estimate of drug-likeness (QED) is 0.420. The average Bonchev–Trinajstić information content (AvgIpc) is 2.63. The average molecular weight is 383 g/mol. The Morgan fingerprint density at radius 2 is 1.70 bits per heavy atom. The summed E-state index contributed by atoms with van der Waals surface area (Å²) < 4.78 is 5.44. The molecule has 0 unspecified atom stereocenters. The number of rotatable bonds is 5. The van der Waals surface area contributed by atoms with Crippen molar-refractivity contribution in [2.24, 2.45) is 0 Å². The topological polar surface area (TPSA) is 79.5 Å². The minimum absolute atomic E-state index is 0.0162. The third-order valence-electron chi connectivity index (χ3n) is 3.34. The number of benzene rings is 2. The number of carbonyl (C=O) groups is 2. The van der Waals surface area contributed by atoms with Crippen LogP contribution in [0, 0.1) is 13.8 Å². The normalized spacial score (nSPS) is 10.3. The number of carbonyl (C=O) groups excluding carboxylic acids is 2. The minimum atomic E-state index is -0.425. The van der Waals surface area contributed by atoms with E-state index in [4.69, 9.17) is 17.0 Å². The number of nitrogens with one attached hydrogen (secondary N) is 3. The lowest BCUT2D eigenvalue weighted by Crippen LogP contribution is -2.49. The molecule has 6 nitrogen and oxygen atoms in total. The second kappa shape index (κ2) is 10.1. The highest BCUT2D eigenvalue weighted by Gasteiger charge is 2.05. The molecular formula is C20H21N3O3S. The molecular weight excluding hydrogens is 362 g/mol. The number of amides is 2. The number of hydrazine groups is 1. The van der Waals surface area contributed by atoms with Gasteiger partial charge in [-0.05, 0) is 61.0 Å². The highest BCUT2D eigenvalue weighted by Crippen LogP contribution is 2.15. The van der Waals surface area contributed by atoms with E-state index in [1.54, 1.807) is 6.08 Å². The van der Waals surface area contributed by atoms with Crippen LogP contribution in [0.5, 0.6) is 5.75 Å². The van der Waals surface area contributed by atoms with E-state index in [1.807, 2.05) is 62.4 Å². The predicted molar refractivity (Wildman–Crippen MR) is 109 cm³/mol. The second-order valence-electron chi connectivity index (χ2n) is 5.85. The summed E-state index contributed by atoms with van der Waals surface area (Å²) >= 11 is 4.96. The van der Waals surface area contributed by atoms with Gasteiger partial charge in [0.1, 0.15) is 5.75 Å². The zero-order valence-corrected chi connectivity index (χ0v) is 15.9. The van der Waals surface area contributed by atoms with Gasteiger partial charge in [0.25, 0.3) is 5.91 Å². The molecule has 2 amide bonds. The van der Waals surface area contributed by atoms with Crippen LogP contribution in [-0.4, -0.2) is 23.5 Å². The van der Waals surface area contributed by atoms with Crippen molar-refractivity contribution in [3.05, 3.63) is 71.3 Å². The van der Waals surface area contributed by atoms with Gasteiger partial charge in [-0.15, -0.1) is 0 Å². The Hall–Kier alpha value is -3.19. The van der Waals surface area contributed by atoms with Gasteiger partial charge in [-0.25, -0.2) is 0 Å². The van der Waals surface area contributed by atoms with E-state index in [1.165, 1.54) is 6.08 Å². The van der Waals surface area contributed by atoms with Gasteiger partial charge in [-0.3, -0.25) is 25.8 Å². The van der Waals surface area contributed by atoms with Crippen molar-refractivity contribution in [3.8, 4) is 5.75 Å². The van der Waals surface area contributed by atoms with Gasteiger partial charge in [0.2, 0.25) is 5.91 Å². The Kier molecular flexibility index (Phi) is 7.51. The number of hydrogen-bond donors (Lipinski definition) is 3. The predicted octanol–water partition coefficient (Wildman–Crippen LogP) is 2.42. The van der Waals surface area contributed by atoms with E-state index >= 15 is 0 Å². The zero-order chi connectivity index (χ0) is 19.6. The molecule has 0 heterocycles. The molecule has 27 heavy (non-hydrogen) atoms. The zero-order valence-electron chi connectivity index (χ0n) is 15.1. The molecule has 2 rings (SSSR count). The minimum Gasteiger partial charge on any atom is -0.484 e. The van der Waals surface area contributed by atoms with Crippen molar-refractivity contribution < 1.29 is 14.3 Å². The summed E-state index contributed by atoms with van der Waals surface area (Å²) in [4.78, 5) is 23.6. The fraction of sp³-hybridized carbons (Fsp3) is 0.150. The lowest BCUT2D eigenvalue weighted by atomic mass is 10.1. The molecule has 0 saturated heterocycles. The molecule has 7 heteroatoms. The maximum atomic E-state index is 11.8. The van der Waals surface area contributed by atoms with Crippen molar-refractivity contribution in [2.75, 3.05) is 6.61 Å². The summed E-state index contributed by atoms with van der Waals surface area (Å²) in [7, 11) is 0. The molecule has 0 fully saturated rings. The van der Waals surface area contributed by atoms with E-state index < -0.39 is 11.8 Å². The molecule has 0 aliphatic rings. The number of ether oxygens (including phenoxy) is 1. The molecule has 2 aromatic carbocycles. The molecule has 3 N–H and O–H groups in total. The molecule has 0 aliphatic carbocycles. The lowest BCUT2D eigenvalue weighted by Gasteiger charge is -2.11. The van der Waals surface area contributed by atoms with Gasteiger partial charge >= 0.3 is 0 Å². The van der Waals surface area contributed by atoms with Crippen molar-refractivity contribution in [1.29, 1.82) is 0 Å². The summed E-state index contributed by atoms with van der Waals surface area (Å²) in [5.74, 6) is -0.216. The van der Waals surface area contributed by atoms with Gasteiger partial charge in [0.05, 0.1) is 0 Å². The molecule has 0 saturated carbocycles. The summed E-state index contributed by atoms with van der Waals surface area (Å²) in [6, 6.07) is 15.1. The maximum absolute atomic E-state index is 11.8. The van der Waals surface area contributed by atoms with Crippen molar-refractivity contribution in [2.45, 2.75) is 13.8 Å². The molecule has 2 aromatic rings. The first-order valence-corrected chi connectivity index (χ1v) is 8.67. The SMILES string of the molecule is Cc1cc(C)cc(OCC(=O)NNC(=S)NC(=O)/C=C/c2ccccc2)c1. The second-order valence-corrected chi connectivity index (χ2v) is 6.26. The smallest absolute Gasteiger partial charge is 0.276 e. The van der Waals surface area contributed by atoms with Crippen molar-refractivity contribution >= 4 is 35.2 Å². The van der Waals surface area contributed by atoms with Gasteiger partial charge in [0, 0.05) is 6.08 Å². The van der Waals surface area contributed by atoms with Gasteiger partial charge < -0.3 is 4.74 Å². The van der Waals surface area contributed by atoms with Gasteiger partial charge in [-0.2, -0.15) is 0 Å². The molecule has 0 spiro atoms. The standard InChI is InChI=1S/C20H21N3O3S/c1-14-10-15(2)12-17(11-14)26-13-19(25)22-23-20(27)21-18(24)9-8-16-6-4-3-5-7-16/h3-12H,13H2,1-2H3,(H,22,25)(H2,21,23,24,27)/b9-8+. The summed E-state index contributed by atoms with van der Waals surface area (Å²) in [6.07, 6.45) is 3.02. The summed E-state index contributed by atoms with van der Waals surface area (Å²) in [6.45, 7) is 3.73. The van der Waals surface area contributed by atoms with Crippen LogP contribution in [-0.2, 0) is 9.59 Å². The first-order valence-electron chi connectivity index (χ1n) is 8.26. The molecule has 0 aromatic heterocycles. The highest BCUT2D eigenvalue weighted by atomic mass is 32.1. The number of thiocarbonyl (C=S) groups is 1. The number of hydrogen-bond acceptors (Lipinski definition) is 4. The Balaban J connectivity index is 1.70. The molecule has 0 bridgehead atoms. The van der Waals surface area contributed by atoms with Crippen LogP contribution < -0.4 is 20.9 Å². The van der Waals surface area contributed by atoms with Crippen LogP contribution in [0.1, 0.15) is 16.7 Å². The van der Waals surface area contributed by atoms with E-state index in [2.05, 4.69) is 16.2 Å². The first kappa shape index (κ1) is 20.1. The van der Waals surface area contributed by atoms with Crippen LogP contribution in [0.15, 0.2) is 54.6 Å². The Labute approximate surface area is 163 Å². The third-order valence-corrected chi connectivity index (χ3v) is 3.55. The largest absolute Gasteiger partial charge is 0.484 e. The van der Waals surface area contributed by atoms with Crippen LogP contribution in [0.3, 0.4) is 0 Å². The summed E-state index contributed by atoms with van der Waals surface area (Å²) in [5, 5.41) is 2.42. The number of aryl methyl sites for hydroxylation is 2. The lowest BCUT2D eigenvalue weighted by molar-refractivity contribution is -0.123. The fourth-order valence-electron chi connectivity index (χ4n) is 2.25. The monoisotopic (exact) mass is 383 g/mol. The Bertz CT molecular complexity index is 831. The molecule has 0 aliphatic heterocycles. The van der Waals surface area contributed by atoms with Gasteiger partial charge in [0.15, 0.2) is 11.7 Å². The summed E-state index contributed by atoms with van der Waals surface area (Å²) in [5.41, 5.74) is 7.82. The van der Waals surface area contributed by atoms with Crippen LogP contribution in [0.25, 0.3) is 6.08 Å². The van der Waals surface area contributed by atoms with E-state index in [9.17, 15) is 9.59 Å². The van der Waals surface area contributed by atoms with Crippen molar-refractivity contribution in [1.82, 2.24) is 16.2 Å². The third kappa shape index (κ3) is 7.70. The molecule has 0 atom stereocenters. The van der Waals surface area contributed by atoms with Crippen molar-refractivity contribution in [3.63, 3.8) is 0 Å². The van der Waals surface area contributed by atoms with E-state index in [-0.39, 0.29) is 11.7 Å².